The minimum absolute atomic E-state index is 0.572. The fourth-order valence-corrected chi connectivity index (χ4v) is 2.45. The number of aromatic nitrogens is 1. The van der Waals surface area contributed by atoms with Crippen LogP contribution in [0.4, 0.5) is 11.5 Å². The van der Waals surface area contributed by atoms with Gasteiger partial charge in [0.1, 0.15) is 5.82 Å². The summed E-state index contributed by atoms with van der Waals surface area (Å²) in [6.45, 7) is 2.41. The second-order valence-corrected chi connectivity index (χ2v) is 4.83. The van der Waals surface area contributed by atoms with E-state index in [9.17, 15) is 0 Å². The van der Waals surface area contributed by atoms with Gasteiger partial charge >= 0.3 is 0 Å². The fourth-order valence-electron chi connectivity index (χ4n) is 2.45. The Hall–Kier alpha value is -1.29. The third-order valence-corrected chi connectivity index (χ3v) is 3.43. The van der Waals surface area contributed by atoms with Crippen LogP contribution < -0.4 is 11.1 Å². The van der Waals surface area contributed by atoms with Crippen molar-refractivity contribution in [2.75, 3.05) is 24.1 Å². The second-order valence-electron chi connectivity index (χ2n) is 4.83. The molecule has 1 atom stereocenters. The van der Waals surface area contributed by atoms with Gasteiger partial charge in [-0.1, -0.05) is 0 Å². The summed E-state index contributed by atoms with van der Waals surface area (Å²) in [5, 5.41) is 3.53. The lowest BCUT2D eigenvalue weighted by atomic mass is 10.2. The van der Waals surface area contributed by atoms with Crippen LogP contribution in [-0.2, 0) is 0 Å². The van der Waals surface area contributed by atoms with Crippen molar-refractivity contribution < 1.29 is 0 Å². The highest BCUT2D eigenvalue weighted by atomic mass is 15.2. The topological polar surface area (TPSA) is 54.2 Å². The zero-order chi connectivity index (χ0) is 11.0. The smallest absolute Gasteiger partial charge is 0.125 e. The Balaban J connectivity index is 1.59. The number of nitrogens with two attached hydrogens (primary N) is 1. The highest BCUT2D eigenvalue weighted by Gasteiger charge is 2.34. The van der Waals surface area contributed by atoms with E-state index in [0.29, 0.717) is 11.9 Å². The number of hydrogen-bond acceptors (Lipinski definition) is 4. The molecule has 2 heterocycles. The van der Waals surface area contributed by atoms with E-state index in [2.05, 4.69) is 15.2 Å². The molecule has 0 amide bonds. The minimum Gasteiger partial charge on any atom is -0.384 e. The Morgan fingerprint density at radius 2 is 2.25 bits per heavy atom. The van der Waals surface area contributed by atoms with Crippen molar-refractivity contribution in [3.63, 3.8) is 0 Å². The van der Waals surface area contributed by atoms with Gasteiger partial charge in [0.15, 0.2) is 0 Å². The maximum Gasteiger partial charge on any atom is 0.125 e. The first-order valence-corrected chi connectivity index (χ1v) is 6.03. The van der Waals surface area contributed by atoms with Gasteiger partial charge in [0.25, 0.3) is 0 Å². The van der Waals surface area contributed by atoms with Crippen molar-refractivity contribution in [2.45, 2.75) is 31.3 Å². The lowest BCUT2D eigenvalue weighted by Crippen LogP contribution is -2.27. The van der Waals surface area contributed by atoms with Crippen molar-refractivity contribution >= 4 is 11.5 Å². The number of hydrogen-bond donors (Lipinski definition) is 2. The summed E-state index contributed by atoms with van der Waals surface area (Å²) in [6.07, 6.45) is 5.79. The molecule has 4 heteroatoms. The third kappa shape index (κ3) is 2.11. The summed E-state index contributed by atoms with van der Waals surface area (Å²) in [6, 6.07) is 5.34. The van der Waals surface area contributed by atoms with E-state index in [1.165, 1.54) is 32.4 Å². The number of pyridine rings is 1. The normalized spacial score (nSPS) is 25.9. The number of nitrogen functional groups attached to an aromatic ring is 1. The second kappa shape index (κ2) is 3.94. The summed E-state index contributed by atoms with van der Waals surface area (Å²) in [5.74, 6) is 0.585. The molecule has 16 heavy (non-hydrogen) atoms. The number of nitrogens with one attached hydrogen (secondary N) is 1. The summed E-state index contributed by atoms with van der Waals surface area (Å²) < 4.78 is 0. The number of anilines is 2. The first-order valence-electron chi connectivity index (χ1n) is 6.03. The summed E-state index contributed by atoms with van der Waals surface area (Å²) in [7, 11) is 0. The molecule has 0 aromatic carbocycles. The van der Waals surface area contributed by atoms with Crippen LogP contribution in [0.5, 0.6) is 0 Å². The predicted octanol–water partition coefficient (Wildman–Crippen LogP) is 1.31. The first-order chi connectivity index (χ1) is 7.81. The monoisotopic (exact) mass is 218 g/mol. The Labute approximate surface area is 95.8 Å². The molecular formula is C12H18N4. The van der Waals surface area contributed by atoms with E-state index >= 15 is 0 Å². The van der Waals surface area contributed by atoms with Gasteiger partial charge in [-0.15, -0.1) is 0 Å². The Morgan fingerprint density at radius 3 is 3.00 bits per heavy atom. The fraction of sp³-hybridized carbons (Fsp3) is 0.583. The van der Waals surface area contributed by atoms with Crippen molar-refractivity contribution in [1.82, 2.24) is 9.88 Å². The van der Waals surface area contributed by atoms with Gasteiger partial charge in [-0.25, -0.2) is 4.98 Å². The molecule has 1 unspecified atom stereocenters. The van der Waals surface area contributed by atoms with Gasteiger partial charge in [0, 0.05) is 43.1 Å². The number of rotatable bonds is 3. The molecule has 86 valence electrons. The maximum atomic E-state index is 5.66. The van der Waals surface area contributed by atoms with Crippen LogP contribution >= 0.6 is 0 Å². The van der Waals surface area contributed by atoms with Crippen LogP contribution in [0.1, 0.15) is 19.3 Å². The van der Waals surface area contributed by atoms with E-state index in [1.54, 1.807) is 6.20 Å². The van der Waals surface area contributed by atoms with Gasteiger partial charge in [-0.2, -0.15) is 0 Å². The molecule has 0 radical (unpaired) electrons. The van der Waals surface area contributed by atoms with Crippen molar-refractivity contribution in [3.8, 4) is 0 Å². The Bertz CT molecular complexity index is 375. The maximum absolute atomic E-state index is 5.66. The molecule has 3 rings (SSSR count). The van der Waals surface area contributed by atoms with Crippen LogP contribution in [0.25, 0.3) is 0 Å². The molecule has 2 fully saturated rings. The highest BCUT2D eigenvalue weighted by Crippen LogP contribution is 2.30. The summed E-state index contributed by atoms with van der Waals surface area (Å²) in [5.41, 5.74) is 6.75. The molecule has 2 aliphatic rings. The quantitative estimate of drug-likeness (QED) is 0.803. The van der Waals surface area contributed by atoms with Crippen LogP contribution in [0.15, 0.2) is 18.3 Å². The average Bonchev–Trinajstić information content (AvgIpc) is 3.01. The molecule has 1 aliphatic heterocycles. The van der Waals surface area contributed by atoms with E-state index in [0.717, 1.165) is 11.7 Å². The molecule has 1 saturated carbocycles. The van der Waals surface area contributed by atoms with Gasteiger partial charge in [-0.05, 0) is 25.3 Å². The molecule has 1 saturated heterocycles. The number of nitrogens with zero attached hydrogens (tertiary/aromatic N) is 2. The lowest BCUT2D eigenvalue weighted by Gasteiger charge is -2.16. The van der Waals surface area contributed by atoms with E-state index in [4.69, 9.17) is 5.73 Å². The summed E-state index contributed by atoms with van der Waals surface area (Å²) >= 11 is 0. The molecule has 1 aliphatic carbocycles. The van der Waals surface area contributed by atoms with Crippen molar-refractivity contribution in [1.29, 1.82) is 0 Å². The zero-order valence-corrected chi connectivity index (χ0v) is 9.39. The SMILES string of the molecule is Nc1cc(NC2CCN(C3CC3)C2)ccn1. The third-order valence-electron chi connectivity index (χ3n) is 3.43. The summed E-state index contributed by atoms with van der Waals surface area (Å²) in [4.78, 5) is 6.59. The van der Waals surface area contributed by atoms with Crippen LogP contribution in [0, 0.1) is 0 Å². The molecule has 4 nitrogen and oxygen atoms in total. The largest absolute Gasteiger partial charge is 0.384 e. The minimum atomic E-state index is 0.572. The molecule has 3 N–H and O–H groups in total. The van der Waals surface area contributed by atoms with Crippen molar-refractivity contribution in [2.24, 2.45) is 0 Å². The highest BCUT2D eigenvalue weighted by molar-refractivity contribution is 5.50. The molecule has 1 aromatic rings. The molecular weight excluding hydrogens is 200 g/mol. The molecule has 0 spiro atoms. The van der Waals surface area contributed by atoms with Gasteiger partial charge in [0.2, 0.25) is 0 Å². The van der Waals surface area contributed by atoms with E-state index in [1.807, 2.05) is 12.1 Å². The standard InChI is InChI=1S/C12H18N4/c13-12-7-9(3-5-14-12)15-10-4-6-16(8-10)11-1-2-11/h3,5,7,10-11H,1-2,4,6,8H2,(H3,13,14,15). The first kappa shape index (κ1) is 9.90. The van der Waals surface area contributed by atoms with Crippen LogP contribution in [0.3, 0.4) is 0 Å². The molecule has 1 aromatic heterocycles. The van der Waals surface area contributed by atoms with Gasteiger partial charge in [0.05, 0.1) is 0 Å². The Morgan fingerprint density at radius 1 is 1.38 bits per heavy atom. The Kier molecular flexibility index (Phi) is 2.44. The lowest BCUT2D eigenvalue weighted by molar-refractivity contribution is 0.326. The average molecular weight is 218 g/mol. The number of likely N-dealkylation sites (tertiary alicyclic amines) is 1. The zero-order valence-electron chi connectivity index (χ0n) is 9.39. The van der Waals surface area contributed by atoms with Gasteiger partial charge in [-0.3, -0.25) is 4.90 Å². The van der Waals surface area contributed by atoms with E-state index < -0.39 is 0 Å². The van der Waals surface area contributed by atoms with Gasteiger partial charge < -0.3 is 11.1 Å². The van der Waals surface area contributed by atoms with E-state index in [-0.39, 0.29) is 0 Å². The molecule has 0 bridgehead atoms. The van der Waals surface area contributed by atoms with Crippen LogP contribution in [0.2, 0.25) is 0 Å². The van der Waals surface area contributed by atoms with Crippen LogP contribution in [-0.4, -0.2) is 35.1 Å². The van der Waals surface area contributed by atoms with Crippen molar-refractivity contribution in [3.05, 3.63) is 18.3 Å². The predicted molar refractivity (Wildman–Crippen MR) is 65.3 cm³/mol.